The number of carbonyl (C=O) groups is 1. The average Bonchev–Trinajstić information content (AvgIpc) is 2.05. The van der Waals surface area contributed by atoms with Crippen LogP contribution in [0.25, 0.3) is 0 Å². The molecule has 2 nitrogen and oxygen atoms in total. The Bertz CT molecular complexity index is 217. The van der Waals surface area contributed by atoms with E-state index in [9.17, 15) is 0 Å². The zero-order valence-electron chi connectivity index (χ0n) is 6.83. The average molecular weight is 278 g/mol. The van der Waals surface area contributed by atoms with Crippen LogP contribution in [-0.4, -0.2) is 11.1 Å². The summed E-state index contributed by atoms with van der Waals surface area (Å²) < 4.78 is 1.11. The third kappa shape index (κ3) is 7.53. The second kappa shape index (κ2) is 7.09. The van der Waals surface area contributed by atoms with Gasteiger partial charge in [-0.1, -0.05) is 52.9 Å². The molecule has 0 aliphatic carbocycles. The molecule has 0 spiro atoms. The third-order valence-corrected chi connectivity index (χ3v) is 1.88. The first-order chi connectivity index (χ1) is 5.66. The molecule has 0 aromatic heterocycles. The number of hydrogen-bond acceptors (Lipinski definition) is 1. The van der Waals surface area contributed by atoms with Gasteiger partial charge in [-0.05, 0) is 5.56 Å². The molecular weight excluding hydrogens is 267 g/mol. The molecular formula is C9H11IO2. The summed E-state index contributed by atoms with van der Waals surface area (Å²) in [6.45, 7) is 1.08. The highest BCUT2D eigenvalue weighted by atomic mass is 127. The molecule has 0 saturated heterocycles. The van der Waals surface area contributed by atoms with E-state index >= 15 is 0 Å². The van der Waals surface area contributed by atoms with Gasteiger partial charge in [-0.15, -0.1) is 0 Å². The summed E-state index contributed by atoms with van der Waals surface area (Å²) in [5, 5.41) is 7.42. The van der Waals surface area contributed by atoms with E-state index in [0.717, 1.165) is 11.4 Å². The van der Waals surface area contributed by atoms with Crippen molar-refractivity contribution in [3.8, 4) is 0 Å². The van der Waals surface area contributed by atoms with E-state index in [4.69, 9.17) is 9.90 Å². The number of hydrogen-bond donors (Lipinski definition) is 1. The van der Waals surface area contributed by atoms with Crippen molar-refractivity contribution in [2.45, 2.75) is 11.4 Å². The SMILES string of the molecule is CC(=O)O.ICc1ccccc1. The summed E-state index contributed by atoms with van der Waals surface area (Å²) in [6, 6.07) is 10.4. The van der Waals surface area contributed by atoms with E-state index in [0.29, 0.717) is 0 Å². The Morgan fingerprint density at radius 1 is 1.42 bits per heavy atom. The quantitative estimate of drug-likeness (QED) is 0.633. The van der Waals surface area contributed by atoms with Crippen LogP contribution < -0.4 is 0 Å². The first-order valence-corrected chi connectivity index (χ1v) is 4.98. The van der Waals surface area contributed by atoms with Gasteiger partial charge in [0.1, 0.15) is 0 Å². The van der Waals surface area contributed by atoms with Crippen molar-refractivity contribution < 1.29 is 9.90 Å². The van der Waals surface area contributed by atoms with Gasteiger partial charge in [0.15, 0.2) is 0 Å². The van der Waals surface area contributed by atoms with Crippen molar-refractivity contribution in [1.29, 1.82) is 0 Å². The lowest BCUT2D eigenvalue weighted by atomic mass is 10.2. The standard InChI is InChI=1S/C7H7I.C2H4O2/c8-6-7-4-2-1-3-5-7;1-2(3)4/h1-5H,6H2;1H3,(H,3,4). The van der Waals surface area contributed by atoms with E-state index in [1.165, 1.54) is 5.56 Å². The highest BCUT2D eigenvalue weighted by molar-refractivity contribution is 14.1. The van der Waals surface area contributed by atoms with E-state index in [1.807, 2.05) is 6.07 Å². The van der Waals surface area contributed by atoms with E-state index in [-0.39, 0.29) is 0 Å². The van der Waals surface area contributed by atoms with Gasteiger partial charge in [0, 0.05) is 11.4 Å². The summed E-state index contributed by atoms with van der Waals surface area (Å²) >= 11 is 2.35. The fraction of sp³-hybridized carbons (Fsp3) is 0.222. The normalized spacial score (nSPS) is 8.17. The van der Waals surface area contributed by atoms with Crippen LogP contribution in [0.2, 0.25) is 0 Å². The molecule has 0 aliphatic rings. The predicted molar refractivity (Wildman–Crippen MR) is 57.5 cm³/mol. The van der Waals surface area contributed by atoms with Gasteiger partial charge >= 0.3 is 0 Å². The molecule has 0 saturated carbocycles. The lowest BCUT2D eigenvalue weighted by molar-refractivity contribution is -0.134. The largest absolute Gasteiger partial charge is 0.481 e. The molecule has 3 heteroatoms. The first kappa shape index (κ1) is 11.4. The second-order valence-electron chi connectivity index (χ2n) is 2.14. The van der Waals surface area contributed by atoms with Gasteiger partial charge in [0.2, 0.25) is 0 Å². The lowest BCUT2D eigenvalue weighted by Gasteiger charge is -1.88. The topological polar surface area (TPSA) is 37.3 Å². The van der Waals surface area contributed by atoms with E-state index < -0.39 is 5.97 Å². The monoisotopic (exact) mass is 278 g/mol. The summed E-state index contributed by atoms with van der Waals surface area (Å²) in [4.78, 5) is 9.00. The number of halogens is 1. The summed E-state index contributed by atoms with van der Waals surface area (Å²) in [5.41, 5.74) is 1.40. The minimum atomic E-state index is -0.833. The molecule has 0 aliphatic heterocycles. The van der Waals surface area contributed by atoms with Crippen molar-refractivity contribution in [2.75, 3.05) is 0 Å². The molecule has 1 rings (SSSR count). The number of carboxylic acid groups (broad SMARTS) is 1. The summed E-state index contributed by atoms with van der Waals surface area (Å²) in [5.74, 6) is -0.833. The third-order valence-electron chi connectivity index (χ3n) is 0.997. The van der Waals surface area contributed by atoms with Gasteiger partial charge < -0.3 is 5.11 Å². The summed E-state index contributed by atoms with van der Waals surface area (Å²) in [6.07, 6.45) is 0. The Kier molecular flexibility index (Phi) is 6.75. The Hall–Kier alpha value is -0.580. The number of alkyl halides is 1. The van der Waals surface area contributed by atoms with Crippen molar-refractivity contribution in [3.05, 3.63) is 35.9 Å². The van der Waals surface area contributed by atoms with Gasteiger partial charge in [-0.25, -0.2) is 0 Å². The Balaban J connectivity index is 0.000000261. The molecule has 0 amide bonds. The molecule has 1 N–H and O–H groups in total. The van der Waals surface area contributed by atoms with Gasteiger partial charge in [-0.3, -0.25) is 4.79 Å². The van der Waals surface area contributed by atoms with Crippen molar-refractivity contribution in [1.82, 2.24) is 0 Å². The fourth-order valence-corrected chi connectivity index (χ4v) is 1.08. The van der Waals surface area contributed by atoms with Crippen LogP contribution in [0.4, 0.5) is 0 Å². The van der Waals surface area contributed by atoms with E-state index in [2.05, 4.69) is 46.9 Å². The van der Waals surface area contributed by atoms with Crippen molar-refractivity contribution >= 4 is 28.6 Å². The minimum absolute atomic E-state index is 0.833. The summed E-state index contributed by atoms with van der Waals surface area (Å²) in [7, 11) is 0. The van der Waals surface area contributed by atoms with Gasteiger partial charge in [0.25, 0.3) is 5.97 Å². The smallest absolute Gasteiger partial charge is 0.300 e. The Morgan fingerprint density at radius 3 is 2.08 bits per heavy atom. The molecule has 0 radical (unpaired) electrons. The number of benzene rings is 1. The van der Waals surface area contributed by atoms with E-state index in [1.54, 1.807) is 0 Å². The van der Waals surface area contributed by atoms with Crippen LogP contribution in [0.5, 0.6) is 0 Å². The Labute approximate surface area is 85.7 Å². The zero-order valence-corrected chi connectivity index (χ0v) is 8.98. The van der Waals surface area contributed by atoms with Gasteiger partial charge in [0.05, 0.1) is 0 Å². The number of aliphatic carboxylic acids is 1. The molecule has 0 bridgehead atoms. The zero-order chi connectivity index (χ0) is 9.40. The Morgan fingerprint density at radius 2 is 1.83 bits per heavy atom. The molecule has 0 fully saturated rings. The van der Waals surface area contributed by atoms with Crippen molar-refractivity contribution in [3.63, 3.8) is 0 Å². The first-order valence-electron chi connectivity index (χ1n) is 3.46. The van der Waals surface area contributed by atoms with Gasteiger partial charge in [-0.2, -0.15) is 0 Å². The molecule has 1 aromatic rings. The second-order valence-corrected chi connectivity index (χ2v) is 2.90. The van der Waals surface area contributed by atoms with Crippen LogP contribution in [0.3, 0.4) is 0 Å². The van der Waals surface area contributed by atoms with Crippen LogP contribution in [0.15, 0.2) is 30.3 Å². The van der Waals surface area contributed by atoms with Crippen molar-refractivity contribution in [2.24, 2.45) is 0 Å². The molecule has 1 aromatic carbocycles. The fourth-order valence-electron chi connectivity index (χ4n) is 0.567. The number of carboxylic acids is 1. The highest BCUT2D eigenvalue weighted by Gasteiger charge is 1.81. The molecule has 0 atom stereocenters. The molecule has 0 heterocycles. The maximum Gasteiger partial charge on any atom is 0.300 e. The maximum absolute atomic E-state index is 9.00. The van der Waals surface area contributed by atoms with Crippen LogP contribution in [0, 0.1) is 0 Å². The van der Waals surface area contributed by atoms with Crippen LogP contribution >= 0.6 is 22.6 Å². The highest BCUT2D eigenvalue weighted by Crippen LogP contribution is 2.02. The molecule has 66 valence electrons. The predicted octanol–water partition coefficient (Wildman–Crippen LogP) is 2.71. The molecule has 0 unspecified atom stereocenters. The maximum atomic E-state index is 9.00. The van der Waals surface area contributed by atoms with Crippen LogP contribution in [-0.2, 0) is 9.22 Å². The number of rotatable bonds is 1. The van der Waals surface area contributed by atoms with Crippen LogP contribution in [0.1, 0.15) is 12.5 Å². The molecule has 12 heavy (non-hydrogen) atoms. The minimum Gasteiger partial charge on any atom is -0.481 e. The lowest BCUT2D eigenvalue weighted by Crippen LogP contribution is -1.78.